The van der Waals surface area contributed by atoms with Crippen molar-refractivity contribution < 1.29 is 29.3 Å². The Hall–Kier alpha value is -5.91. The van der Waals surface area contributed by atoms with E-state index in [0.29, 0.717) is 18.2 Å². The van der Waals surface area contributed by atoms with Crippen molar-refractivity contribution >= 4 is 46.2 Å². The van der Waals surface area contributed by atoms with Crippen LogP contribution in [0.5, 0.6) is 0 Å². The largest absolute Gasteiger partial charge is 0.469 e. The first-order chi connectivity index (χ1) is 31.6. The van der Waals surface area contributed by atoms with Gasteiger partial charge in [-0.25, -0.2) is 4.98 Å². The molecule has 0 radical (unpaired) electrons. The third kappa shape index (κ3) is 8.19. The molecule has 1 unspecified atom stereocenters. The van der Waals surface area contributed by atoms with E-state index in [1.54, 1.807) is 27.6 Å². The van der Waals surface area contributed by atoms with Crippen LogP contribution in [0.4, 0.5) is 0 Å². The van der Waals surface area contributed by atoms with Crippen LogP contribution in [-0.4, -0.2) is 95.1 Å². The molecule has 0 bridgehead atoms. The van der Waals surface area contributed by atoms with Gasteiger partial charge >= 0.3 is 5.97 Å². The van der Waals surface area contributed by atoms with Crippen molar-refractivity contribution in [2.24, 2.45) is 10.9 Å². The Kier molecular flexibility index (Phi) is 12.4. The first-order valence-electron chi connectivity index (χ1n) is 22.3. The number of thiophene rings is 1. The number of hydrogen-bond acceptors (Lipinski definition) is 13. The van der Waals surface area contributed by atoms with E-state index in [2.05, 4.69) is 40.4 Å². The molecular weight excluding hydrogens is 873 g/mol. The number of thiazole rings is 1. The Morgan fingerprint density at radius 3 is 2.29 bits per heavy atom. The summed E-state index contributed by atoms with van der Waals surface area (Å²) in [5, 5.41) is 35.6. The van der Waals surface area contributed by atoms with E-state index >= 15 is 0 Å². The highest BCUT2D eigenvalue weighted by Gasteiger charge is 2.46. The number of carbonyl (C=O) groups is 3. The van der Waals surface area contributed by atoms with Crippen LogP contribution < -0.4 is 5.32 Å². The summed E-state index contributed by atoms with van der Waals surface area (Å²) in [6.45, 7) is 14.2. The summed E-state index contributed by atoms with van der Waals surface area (Å²) in [6.07, 6.45) is -1.76. The van der Waals surface area contributed by atoms with Gasteiger partial charge in [0, 0.05) is 35.5 Å². The van der Waals surface area contributed by atoms with E-state index in [0.717, 1.165) is 76.2 Å². The van der Waals surface area contributed by atoms with Crippen LogP contribution >= 0.6 is 22.7 Å². The maximum Gasteiger partial charge on any atom is 0.308 e. The first-order valence-corrected chi connectivity index (χ1v) is 24.0. The molecule has 66 heavy (non-hydrogen) atoms. The molecule has 3 aliphatic heterocycles. The molecule has 0 saturated carbocycles. The van der Waals surface area contributed by atoms with Gasteiger partial charge in [-0.3, -0.25) is 28.8 Å². The Morgan fingerprint density at radius 2 is 1.61 bits per heavy atom. The summed E-state index contributed by atoms with van der Waals surface area (Å²) in [5.74, 6) is 0.0750. The number of β-amino-alcohol motifs (C(OH)–C–C–N with tert-alkyl or cyclic N) is 1. The first kappa shape index (κ1) is 45.3. The van der Waals surface area contributed by atoms with Crippen molar-refractivity contribution in [2.45, 2.75) is 104 Å². The predicted octanol–water partition coefficient (Wildman–Crippen LogP) is 7.48. The average molecular weight is 927 g/mol. The van der Waals surface area contributed by atoms with Gasteiger partial charge in [0.1, 0.15) is 29.1 Å². The zero-order valence-electron chi connectivity index (χ0n) is 38.3. The van der Waals surface area contributed by atoms with Crippen LogP contribution in [0.3, 0.4) is 0 Å². The summed E-state index contributed by atoms with van der Waals surface area (Å²) in [5.41, 5.74) is 12.0. The number of methoxy groups -OCH3 is 1. The molecule has 2 amide bonds. The second-order valence-corrected chi connectivity index (χ2v) is 20.0. The maximum atomic E-state index is 14.6. The van der Waals surface area contributed by atoms with Gasteiger partial charge in [-0.05, 0) is 85.5 Å². The van der Waals surface area contributed by atoms with E-state index < -0.39 is 30.5 Å². The molecule has 6 heterocycles. The third-order valence-corrected chi connectivity index (χ3v) is 15.5. The van der Waals surface area contributed by atoms with Gasteiger partial charge in [0.25, 0.3) is 0 Å². The van der Waals surface area contributed by atoms with E-state index in [9.17, 15) is 24.6 Å². The number of amides is 2. The highest BCUT2D eigenvalue weighted by molar-refractivity contribution is 7.15. The van der Waals surface area contributed by atoms with E-state index in [1.807, 2.05) is 105 Å². The smallest absolute Gasteiger partial charge is 0.308 e. The normalized spacial score (nSPS) is 20.0. The number of aryl methyl sites for hydroxylation is 3. The second-order valence-electron chi connectivity index (χ2n) is 17.9. The zero-order chi connectivity index (χ0) is 46.7. The Balaban J connectivity index is 0.929. The molecule has 6 atom stereocenters. The lowest BCUT2D eigenvalue weighted by Gasteiger charge is -2.36. The molecule has 342 valence electrons. The minimum absolute atomic E-state index is 0.0183. The number of aliphatic imine (C=N–C) groups is 1. The number of ether oxygens (including phenoxy) is 1. The number of aliphatic hydroxyl groups excluding tert-OH is 2. The summed E-state index contributed by atoms with van der Waals surface area (Å²) in [6, 6.07) is 19.6. The van der Waals surface area contributed by atoms with Crippen molar-refractivity contribution in [3.63, 3.8) is 0 Å². The number of hydrogen-bond donors (Lipinski definition) is 3. The predicted molar refractivity (Wildman–Crippen MR) is 254 cm³/mol. The maximum absolute atomic E-state index is 14.6. The molecule has 1 fully saturated rings. The number of nitrogens with one attached hydrogen (secondary N) is 1. The molecule has 3 aliphatic rings. The standard InChI is InChI=1S/C50H54N8O6S2/c1-25(2)44(49(63)56-23-37(59)20-40(56)47(61)52-27(4)31-9-15-34(16-10-31)45-28(5)51-24-65-45)57-22-36-19-35(17-18-38(36)48(57)62)32-11-13-33(14-12-32)43-42-26(3)29(6)66-50(42)58-30(7)54-55-46(58)39(53-43)21-41(60)64-8/h9-19,24-25,27,37,39-40,44,48,59,62H,20-23H2,1-8H3,(H,52,61)/t27-,37+,39-,40-,44-,48?/m0/s1. The molecular formula is C50H54N8O6S2. The molecule has 9 rings (SSSR count). The number of aliphatic hydroxyl groups is 2. The van der Waals surface area contributed by atoms with Crippen molar-refractivity contribution in [3.8, 4) is 26.6 Å². The molecule has 6 aromatic rings. The number of carbonyl (C=O) groups excluding carboxylic acids is 3. The second kappa shape index (κ2) is 18.1. The molecule has 3 N–H and O–H groups in total. The molecule has 3 aromatic carbocycles. The molecule has 0 spiro atoms. The lowest BCUT2D eigenvalue weighted by atomic mass is 9.96. The third-order valence-electron chi connectivity index (χ3n) is 13.3. The number of nitrogens with zero attached hydrogens (tertiary/aromatic N) is 7. The van der Waals surface area contributed by atoms with Crippen molar-refractivity contribution in [1.29, 1.82) is 0 Å². The van der Waals surface area contributed by atoms with Crippen LogP contribution in [-0.2, 0) is 25.7 Å². The monoisotopic (exact) mass is 926 g/mol. The Labute approximate surface area is 392 Å². The van der Waals surface area contributed by atoms with Gasteiger partial charge in [-0.2, -0.15) is 0 Å². The lowest BCUT2D eigenvalue weighted by Crippen LogP contribution is -2.55. The SMILES string of the molecule is COC(=O)C[C@@H]1N=C(c2ccc(-c3ccc4c(c3)CN([C@H](C(=O)N3C[C@H](O)C[C@H]3C(=O)N[C@@H](C)c3ccc(-c5scnc5C)cc3)C(C)C)C4O)cc2)c2c(sc(C)c2C)-n2c(C)nnc21. The summed E-state index contributed by atoms with van der Waals surface area (Å²) < 4.78 is 7.07. The van der Waals surface area contributed by atoms with Crippen molar-refractivity contribution in [3.05, 3.63) is 128 Å². The van der Waals surface area contributed by atoms with Crippen LogP contribution in [0.25, 0.3) is 26.6 Å². The van der Waals surface area contributed by atoms with E-state index in [1.165, 1.54) is 12.0 Å². The highest BCUT2D eigenvalue weighted by atomic mass is 32.1. The number of fused-ring (bicyclic) bond motifs is 4. The summed E-state index contributed by atoms with van der Waals surface area (Å²) in [7, 11) is 1.37. The molecule has 3 aromatic heterocycles. The zero-order valence-corrected chi connectivity index (χ0v) is 39.9. The number of aromatic nitrogens is 4. The lowest BCUT2D eigenvalue weighted by molar-refractivity contribution is -0.149. The van der Waals surface area contributed by atoms with Crippen molar-refractivity contribution in [2.75, 3.05) is 13.7 Å². The van der Waals surface area contributed by atoms with Crippen LogP contribution in [0.1, 0.15) is 108 Å². The molecule has 14 nitrogen and oxygen atoms in total. The van der Waals surface area contributed by atoms with Gasteiger partial charge in [-0.1, -0.05) is 74.5 Å². The fraction of sp³-hybridized carbons (Fsp3) is 0.380. The van der Waals surface area contributed by atoms with Gasteiger partial charge in [-0.15, -0.1) is 32.9 Å². The minimum Gasteiger partial charge on any atom is -0.469 e. The van der Waals surface area contributed by atoms with Crippen LogP contribution in [0.15, 0.2) is 77.2 Å². The van der Waals surface area contributed by atoms with Gasteiger partial charge in [0.2, 0.25) is 11.8 Å². The number of rotatable bonds is 11. The van der Waals surface area contributed by atoms with Crippen molar-refractivity contribution in [1.82, 2.24) is 34.9 Å². The number of benzene rings is 3. The van der Waals surface area contributed by atoms with Crippen LogP contribution in [0.2, 0.25) is 0 Å². The number of esters is 1. The van der Waals surface area contributed by atoms with E-state index in [4.69, 9.17) is 9.73 Å². The summed E-state index contributed by atoms with van der Waals surface area (Å²) in [4.78, 5) is 56.3. The molecule has 1 saturated heterocycles. The van der Waals surface area contributed by atoms with Crippen LogP contribution in [0, 0.1) is 33.6 Å². The van der Waals surface area contributed by atoms with Gasteiger partial charge < -0.3 is 25.2 Å². The quantitative estimate of drug-likeness (QED) is 0.111. The molecule has 16 heteroatoms. The Bertz CT molecular complexity index is 2870. The fourth-order valence-electron chi connectivity index (χ4n) is 9.65. The summed E-state index contributed by atoms with van der Waals surface area (Å²) >= 11 is 3.24. The Morgan fingerprint density at radius 1 is 0.909 bits per heavy atom. The molecule has 0 aliphatic carbocycles. The van der Waals surface area contributed by atoms with Gasteiger partial charge in [0.15, 0.2) is 5.82 Å². The van der Waals surface area contributed by atoms with E-state index in [-0.39, 0.29) is 49.1 Å². The van der Waals surface area contributed by atoms with Gasteiger partial charge in [0.05, 0.1) is 53.5 Å². The number of likely N-dealkylation sites (tertiary alicyclic amines) is 1. The minimum atomic E-state index is -1.05. The topological polar surface area (TPSA) is 175 Å². The highest BCUT2D eigenvalue weighted by Crippen LogP contribution is 2.42. The fourth-order valence-corrected chi connectivity index (χ4v) is 11.7. The average Bonchev–Trinajstić information content (AvgIpc) is 4.12.